The number of nitro groups is 1. The fraction of sp³-hybridized carbons (Fsp3) is 0. The van der Waals surface area contributed by atoms with Gasteiger partial charge in [-0.05, 0) is 29.8 Å². The van der Waals surface area contributed by atoms with E-state index in [1.54, 1.807) is 6.07 Å². The lowest BCUT2D eigenvalue weighted by Gasteiger charge is -2.04. The number of halogens is 3. The summed E-state index contributed by atoms with van der Waals surface area (Å²) < 4.78 is 13.0. The van der Waals surface area contributed by atoms with Gasteiger partial charge in [-0.25, -0.2) is 4.39 Å². The van der Waals surface area contributed by atoms with E-state index in [1.807, 2.05) is 0 Å². The van der Waals surface area contributed by atoms with Crippen molar-refractivity contribution in [1.82, 2.24) is 0 Å². The van der Waals surface area contributed by atoms with E-state index in [1.165, 1.54) is 18.2 Å². The topological polar surface area (TPSA) is 43.1 Å². The van der Waals surface area contributed by atoms with Gasteiger partial charge in [-0.2, -0.15) is 0 Å². The number of nitro benzene ring substituents is 1. The van der Waals surface area contributed by atoms with Crippen LogP contribution < -0.4 is 0 Å². The van der Waals surface area contributed by atoms with E-state index in [9.17, 15) is 14.5 Å². The average molecular weight is 286 g/mol. The first-order chi connectivity index (χ1) is 8.49. The van der Waals surface area contributed by atoms with Gasteiger partial charge in [0.05, 0.1) is 26.6 Å². The second-order valence-corrected chi connectivity index (χ2v) is 4.36. The van der Waals surface area contributed by atoms with Gasteiger partial charge >= 0.3 is 0 Å². The predicted octanol–water partition coefficient (Wildman–Crippen LogP) is 4.71. The number of hydrogen-bond donors (Lipinski definition) is 0. The molecule has 2 aromatic rings. The Hall–Kier alpha value is -1.65. The molecule has 2 aromatic carbocycles. The summed E-state index contributed by atoms with van der Waals surface area (Å²) in [6, 6.07) is 8.00. The molecule has 6 heteroatoms. The lowest BCUT2D eigenvalue weighted by atomic mass is 10.0. The van der Waals surface area contributed by atoms with Crippen molar-refractivity contribution in [3.05, 3.63) is 62.4 Å². The first kappa shape index (κ1) is 12.8. The van der Waals surface area contributed by atoms with Crippen LogP contribution in [0.1, 0.15) is 0 Å². The van der Waals surface area contributed by atoms with Crippen molar-refractivity contribution in [3.63, 3.8) is 0 Å². The van der Waals surface area contributed by atoms with Gasteiger partial charge in [-0.15, -0.1) is 0 Å². The minimum absolute atomic E-state index is 0.285. The quantitative estimate of drug-likeness (QED) is 0.592. The van der Waals surface area contributed by atoms with E-state index in [0.717, 1.165) is 12.1 Å². The van der Waals surface area contributed by atoms with E-state index < -0.39 is 10.7 Å². The molecule has 0 amide bonds. The third-order valence-corrected chi connectivity index (χ3v) is 3.13. The van der Waals surface area contributed by atoms with Crippen molar-refractivity contribution in [2.75, 3.05) is 0 Å². The molecular weight excluding hydrogens is 280 g/mol. The van der Waals surface area contributed by atoms with Gasteiger partial charge in [0.2, 0.25) is 0 Å². The Balaban J connectivity index is 2.63. The Kier molecular flexibility index (Phi) is 3.50. The zero-order valence-electron chi connectivity index (χ0n) is 8.86. The van der Waals surface area contributed by atoms with Gasteiger partial charge in [0.1, 0.15) is 5.82 Å². The number of benzene rings is 2. The third kappa shape index (κ3) is 2.44. The minimum atomic E-state index is -0.662. The Morgan fingerprint density at radius 3 is 2.39 bits per heavy atom. The summed E-state index contributed by atoms with van der Waals surface area (Å²) in [7, 11) is 0. The number of hydrogen-bond acceptors (Lipinski definition) is 2. The van der Waals surface area contributed by atoms with Crippen molar-refractivity contribution < 1.29 is 9.31 Å². The van der Waals surface area contributed by atoms with E-state index in [0.29, 0.717) is 16.1 Å². The summed E-state index contributed by atoms with van der Waals surface area (Å²) in [6.07, 6.45) is 0. The van der Waals surface area contributed by atoms with Crippen LogP contribution in [0.15, 0.2) is 36.4 Å². The summed E-state index contributed by atoms with van der Waals surface area (Å²) >= 11 is 11.6. The molecule has 18 heavy (non-hydrogen) atoms. The van der Waals surface area contributed by atoms with Crippen LogP contribution in [0.2, 0.25) is 10.0 Å². The molecular formula is C12H6Cl2FNO2. The molecule has 0 unspecified atom stereocenters. The summed E-state index contributed by atoms with van der Waals surface area (Å²) in [4.78, 5) is 10.2. The highest BCUT2D eigenvalue weighted by molar-refractivity contribution is 6.42. The average Bonchev–Trinajstić information content (AvgIpc) is 2.32. The molecule has 0 atom stereocenters. The maximum Gasteiger partial charge on any atom is 0.280 e. The minimum Gasteiger partial charge on any atom is -0.258 e. The molecule has 2 rings (SSSR count). The molecule has 0 aliphatic heterocycles. The van der Waals surface area contributed by atoms with Crippen LogP contribution in [-0.4, -0.2) is 4.92 Å². The second kappa shape index (κ2) is 4.92. The molecule has 0 saturated carbocycles. The molecule has 0 heterocycles. The molecule has 0 radical (unpaired) electrons. The van der Waals surface area contributed by atoms with Crippen LogP contribution in [-0.2, 0) is 0 Å². The van der Waals surface area contributed by atoms with Crippen LogP contribution in [0, 0.1) is 15.9 Å². The van der Waals surface area contributed by atoms with Crippen molar-refractivity contribution in [3.8, 4) is 11.1 Å². The smallest absolute Gasteiger partial charge is 0.258 e. The Labute approximate surface area is 112 Å². The fourth-order valence-corrected chi connectivity index (χ4v) is 1.86. The molecule has 0 aromatic heterocycles. The summed E-state index contributed by atoms with van der Waals surface area (Å²) in [5, 5.41) is 11.5. The van der Waals surface area contributed by atoms with E-state index in [2.05, 4.69) is 0 Å². The van der Waals surface area contributed by atoms with E-state index in [-0.39, 0.29) is 10.7 Å². The maximum absolute atomic E-state index is 13.0. The zero-order chi connectivity index (χ0) is 13.3. The molecule has 0 N–H and O–H groups in total. The first-order valence-electron chi connectivity index (χ1n) is 4.88. The van der Waals surface area contributed by atoms with E-state index in [4.69, 9.17) is 23.2 Å². The maximum atomic E-state index is 13.0. The van der Waals surface area contributed by atoms with Gasteiger partial charge in [-0.3, -0.25) is 10.1 Å². The highest BCUT2D eigenvalue weighted by atomic mass is 35.5. The second-order valence-electron chi connectivity index (χ2n) is 3.55. The van der Waals surface area contributed by atoms with Crippen LogP contribution >= 0.6 is 23.2 Å². The fourth-order valence-electron chi connectivity index (χ4n) is 1.56. The highest BCUT2D eigenvalue weighted by Gasteiger charge is 2.16. The normalized spacial score (nSPS) is 10.4. The van der Waals surface area contributed by atoms with Gasteiger partial charge in [0.15, 0.2) is 0 Å². The van der Waals surface area contributed by atoms with Crippen molar-refractivity contribution in [1.29, 1.82) is 0 Å². The standard InChI is InChI=1S/C12H6Cl2FNO2/c13-10-4-1-7(5-11(10)14)9-3-2-8(15)6-12(9)16(17)18/h1-6H. The van der Waals surface area contributed by atoms with Crippen molar-refractivity contribution in [2.24, 2.45) is 0 Å². The SMILES string of the molecule is O=[N+]([O-])c1cc(F)ccc1-c1ccc(Cl)c(Cl)c1. The molecule has 0 saturated heterocycles. The summed E-state index contributed by atoms with van der Waals surface area (Å²) in [5.41, 5.74) is 0.490. The number of rotatable bonds is 2. The lowest BCUT2D eigenvalue weighted by molar-refractivity contribution is -0.384. The summed E-state index contributed by atoms with van der Waals surface area (Å²) in [6.45, 7) is 0. The number of nitrogens with zero attached hydrogens (tertiary/aromatic N) is 1. The molecule has 0 spiro atoms. The van der Waals surface area contributed by atoms with Gasteiger partial charge in [0.25, 0.3) is 5.69 Å². The molecule has 0 fully saturated rings. The lowest BCUT2D eigenvalue weighted by Crippen LogP contribution is -1.93. The third-order valence-electron chi connectivity index (χ3n) is 2.39. The Morgan fingerprint density at radius 1 is 1.06 bits per heavy atom. The van der Waals surface area contributed by atoms with Gasteiger partial charge in [-0.1, -0.05) is 29.3 Å². The van der Waals surface area contributed by atoms with Gasteiger partial charge < -0.3 is 0 Å². The molecule has 3 nitrogen and oxygen atoms in total. The van der Waals surface area contributed by atoms with Crippen LogP contribution in [0.25, 0.3) is 11.1 Å². The summed E-state index contributed by atoms with van der Waals surface area (Å²) in [5.74, 6) is -0.662. The first-order valence-corrected chi connectivity index (χ1v) is 5.64. The predicted molar refractivity (Wildman–Crippen MR) is 68.5 cm³/mol. The zero-order valence-corrected chi connectivity index (χ0v) is 10.4. The monoisotopic (exact) mass is 285 g/mol. The van der Waals surface area contributed by atoms with Crippen LogP contribution in [0.3, 0.4) is 0 Å². The van der Waals surface area contributed by atoms with Crippen molar-refractivity contribution >= 4 is 28.9 Å². The highest BCUT2D eigenvalue weighted by Crippen LogP contribution is 2.34. The molecule has 0 bridgehead atoms. The van der Waals surface area contributed by atoms with Crippen LogP contribution in [0.5, 0.6) is 0 Å². The van der Waals surface area contributed by atoms with E-state index >= 15 is 0 Å². The van der Waals surface area contributed by atoms with Crippen molar-refractivity contribution in [2.45, 2.75) is 0 Å². The van der Waals surface area contributed by atoms with Crippen LogP contribution in [0.4, 0.5) is 10.1 Å². The molecule has 0 aliphatic carbocycles. The Morgan fingerprint density at radius 2 is 1.78 bits per heavy atom. The molecule has 92 valence electrons. The largest absolute Gasteiger partial charge is 0.280 e. The molecule has 0 aliphatic rings. The van der Waals surface area contributed by atoms with Gasteiger partial charge in [0, 0.05) is 0 Å². The Bertz CT molecular complexity index is 631.